The summed E-state index contributed by atoms with van der Waals surface area (Å²) < 4.78 is 1.86. The van der Waals surface area contributed by atoms with Gasteiger partial charge in [0.15, 0.2) is 0 Å². The number of fused-ring (bicyclic) bond motifs is 1. The van der Waals surface area contributed by atoms with Gasteiger partial charge in [-0.3, -0.25) is 9.89 Å². The minimum absolute atomic E-state index is 0.202. The number of rotatable bonds is 1. The zero-order valence-corrected chi connectivity index (χ0v) is 10.5. The van der Waals surface area contributed by atoms with E-state index in [1.165, 1.54) is 0 Å². The number of nitrogens with one attached hydrogen (secondary N) is 2. The van der Waals surface area contributed by atoms with E-state index in [9.17, 15) is 4.79 Å². The summed E-state index contributed by atoms with van der Waals surface area (Å²) in [6, 6.07) is 0.735. The number of hydrogen-bond acceptors (Lipinski definition) is 3. The molecule has 2 aliphatic rings. The minimum Gasteiger partial charge on any atom is -0.308 e. The van der Waals surface area contributed by atoms with Crippen molar-refractivity contribution in [2.45, 2.75) is 38.4 Å². The molecule has 0 aliphatic carbocycles. The van der Waals surface area contributed by atoms with Crippen molar-refractivity contribution in [2.75, 3.05) is 20.1 Å². The third-order valence-corrected chi connectivity index (χ3v) is 3.97. The van der Waals surface area contributed by atoms with Crippen molar-refractivity contribution < 1.29 is 0 Å². The molecule has 2 aliphatic heterocycles. The lowest BCUT2D eigenvalue weighted by atomic mass is 10.0. The van der Waals surface area contributed by atoms with Gasteiger partial charge in [0.2, 0.25) is 0 Å². The van der Waals surface area contributed by atoms with E-state index >= 15 is 0 Å². The Kier molecular flexibility index (Phi) is 2.60. The van der Waals surface area contributed by atoms with Crippen molar-refractivity contribution >= 4 is 0 Å². The predicted molar refractivity (Wildman–Crippen MR) is 66.2 cm³/mol. The molecule has 3 rings (SSSR count). The predicted octanol–water partition coefficient (Wildman–Crippen LogP) is 0.0872. The van der Waals surface area contributed by atoms with Crippen LogP contribution in [0, 0.1) is 0 Å². The van der Waals surface area contributed by atoms with Crippen molar-refractivity contribution in [1.82, 2.24) is 20.0 Å². The van der Waals surface area contributed by atoms with Gasteiger partial charge in [0.25, 0.3) is 5.56 Å². The van der Waals surface area contributed by atoms with E-state index in [1.54, 1.807) is 0 Å². The number of aromatic amines is 1. The van der Waals surface area contributed by atoms with Crippen molar-refractivity contribution in [2.24, 2.45) is 0 Å². The lowest BCUT2D eigenvalue weighted by Crippen LogP contribution is -2.35. The molecule has 5 heteroatoms. The summed E-state index contributed by atoms with van der Waals surface area (Å²) in [6.45, 7) is 4.97. The Balaban J connectivity index is 1.94. The molecule has 0 bridgehead atoms. The molecule has 5 nitrogen and oxygen atoms in total. The van der Waals surface area contributed by atoms with Gasteiger partial charge in [0.1, 0.15) is 0 Å². The minimum atomic E-state index is 0.202. The molecule has 0 amide bonds. The molecule has 17 heavy (non-hydrogen) atoms. The molecule has 1 fully saturated rings. The number of likely N-dealkylation sites (tertiary alicyclic amines) is 1. The molecule has 2 N–H and O–H groups in total. The fourth-order valence-electron chi connectivity index (χ4n) is 2.93. The SMILES string of the molecule is CC1Cc2c([nH]n(C3CCN(C)C3)c2=O)CN1. The Morgan fingerprint density at radius 2 is 2.24 bits per heavy atom. The first kappa shape index (κ1) is 11.0. The fraction of sp³-hybridized carbons (Fsp3) is 0.750. The third-order valence-electron chi connectivity index (χ3n) is 3.97. The number of aromatic nitrogens is 2. The fourth-order valence-corrected chi connectivity index (χ4v) is 2.93. The number of H-pyrrole nitrogens is 1. The third kappa shape index (κ3) is 1.83. The molecular formula is C12H20N4O. The second-order valence-corrected chi connectivity index (χ2v) is 5.43. The van der Waals surface area contributed by atoms with Crippen LogP contribution < -0.4 is 10.9 Å². The molecule has 0 radical (unpaired) electrons. The molecule has 0 spiro atoms. The van der Waals surface area contributed by atoms with Crippen LogP contribution >= 0.6 is 0 Å². The van der Waals surface area contributed by atoms with Crippen molar-refractivity contribution in [3.8, 4) is 0 Å². The van der Waals surface area contributed by atoms with Gasteiger partial charge < -0.3 is 10.2 Å². The Morgan fingerprint density at radius 3 is 2.94 bits per heavy atom. The van der Waals surface area contributed by atoms with E-state index in [0.717, 1.165) is 43.7 Å². The van der Waals surface area contributed by atoms with E-state index in [4.69, 9.17) is 0 Å². The van der Waals surface area contributed by atoms with Crippen molar-refractivity contribution in [3.05, 3.63) is 21.6 Å². The lowest BCUT2D eigenvalue weighted by molar-refractivity contribution is 0.377. The second kappa shape index (κ2) is 3.99. The zero-order chi connectivity index (χ0) is 12.0. The van der Waals surface area contributed by atoms with Gasteiger partial charge in [-0.05, 0) is 33.4 Å². The van der Waals surface area contributed by atoms with Gasteiger partial charge in [0, 0.05) is 24.7 Å². The largest absolute Gasteiger partial charge is 0.308 e. The van der Waals surface area contributed by atoms with Crippen LogP contribution in [0.1, 0.15) is 30.6 Å². The molecule has 1 aromatic heterocycles. The van der Waals surface area contributed by atoms with Crippen LogP contribution in [-0.4, -0.2) is 40.9 Å². The number of likely N-dealkylation sites (N-methyl/N-ethyl adjacent to an activating group) is 1. The molecule has 3 heterocycles. The normalized spacial score (nSPS) is 29.5. The lowest BCUT2D eigenvalue weighted by Gasteiger charge is -2.18. The van der Waals surface area contributed by atoms with Crippen molar-refractivity contribution in [1.29, 1.82) is 0 Å². The summed E-state index contributed by atoms with van der Waals surface area (Å²) in [7, 11) is 2.11. The Hall–Kier alpha value is -1.07. The molecule has 2 unspecified atom stereocenters. The van der Waals surface area contributed by atoms with Crippen LogP contribution in [0.3, 0.4) is 0 Å². The van der Waals surface area contributed by atoms with E-state index in [1.807, 2.05) is 4.68 Å². The Bertz CT molecular complexity index is 475. The standard InChI is InChI=1S/C12H20N4O/c1-8-5-10-11(6-13-8)14-16(12(10)17)9-3-4-15(2)7-9/h8-9,13-14H,3-7H2,1-2H3. The average molecular weight is 236 g/mol. The van der Waals surface area contributed by atoms with Gasteiger partial charge >= 0.3 is 0 Å². The van der Waals surface area contributed by atoms with Crippen LogP contribution in [0.4, 0.5) is 0 Å². The van der Waals surface area contributed by atoms with E-state index in [2.05, 4.69) is 29.3 Å². The van der Waals surface area contributed by atoms with Gasteiger partial charge in [0.05, 0.1) is 11.7 Å². The van der Waals surface area contributed by atoms with Crippen molar-refractivity contribution in [3.63, 3.8) is 0 Å². The first-order valence-electron chi connectivity index (χ1n) is 6.39. The van der Waals surface area contributed by atoms with Crippen LogP contribution in [0.15, 0.2) is 4.79 Å². The van der Waals surface area contributed by atoms with Gasteiger partial charge in [-0.15, -0.1) is 0 Å². The highest BCUT2D eigenvalue weighted by atomic mass is 16.1. The first-order valence-corrected chi connectivity index (χ1v) is 6.39. The highest BCUT2D eigenvalue weighted by Crippen LogP contribution is 2.20. The quantitative estimate of drug-likeness (QED) is 0.726. The molecule has 94 valence electrons. The summed E-state index contributed by atoms with van der Waals surface area (Å²) in [5.74, 6) is 0. The van der Waals surface area contributed by atoms with Crippen LogP contribution in [-0.2, 0) is 13.0 Å². The summed E-state index contributed by atoms with van der Waals surface area (Å²) >= 11 is 0. The smallest absolute Gasteiger partial charge is 0.270 e. The van der Waals surface area contributed by atoms with Crippen LogP contribution in [0.2, 0.25) is 0 Å². The summed E-state index contributed by atoms with van der Waals surface area (Å²) in [5, 5.41) is 6.68. The number of hydrogen-bond donors (Lipinski definition) is 2. The highest BCUT2D eigenvalue weighted by Gasteiger charge is 2.27. The molecule has 1 aromatic rings. The molecule has 1 saturated heterocycles. The van der Waals surface area contributed by atoms with E-state index < -0.39 is 0 Å². The second-order valence-electron chi connectivity index (χ2n) is 5.43. The molecule has 0 aromatic carbocycles. The maximum Gasteiger partial charge on any atom is 0.270 e. The van der Waals surface area contributed by atoms with Crippen LogP contribution in [0.5, 0.6) is 0 Å². The van der Waals surface area contributed by atoms with E-state index in [0.29, 0.717) is 12.1 Å². The topological polar surface area (TPSA) is 53.1 Å². The maximum atomic E-state index is 12.3. The summed E-state index contributed by atoms with van der Waals surface area (Å²) in [5.41, 5.74) is 2.28. The monoisotopic (exact) mass is 236 g/mol. The molecule has 2 atom stereocenters. The zero-order valence-electron chi connectivity index (χ0n) is 10.5. The highest BCUT2D eigenvalue weighted by molar-refractivity contribution is 5.21. The summed E-state index contributed by atoms with van der Waals surface area (Å²) in [4.78, 5) is 14.6. The number of nitrogens with zero attached hydrogens (tertiary/aromatic N) is 2. The Labute approximate surface area is 101 Å². The average Bonchev–Trinajstić information content (AvgIpc) is 2.84. The molecule has 0 saturated carbocycles. The Morgan fingerprint density at radius 1 is 1.41 bits per heavy atom. The molecular weight excluding hydrogens is 216 g/mol. The van der Waals surface area contributed by atoms with Gasteiger partial charge in [-0.1, -0.05) is 0 Å². The van der Waals surface area contributed by atoms with Gasteiger partial charge in [-0.25, -0.2) is 4.68 Å². The first-order chi connectivity index (χ1) is 8.15. The van der Waals surface area contributed by atoms with E-state index in [-0.39, 0.29) is 5.56 Å². The summed E-state index contributed by atoms with van der Waals surface area (Å²) in [6.07, 6.45) is 1.92. The van der Waals surface area contributed by atoms with Gasteiger partial charge in [-0.2, -0.15) is 0 Å². The van der Waals surface area contributed by atoms with Crippen LogP contribution in [0.25, 0.3) is 0 Å². The maximum absolute atomic E-state index is 12.3.